The third-order valence-corrected chi connectivity index (χ3v) is 3.87. The number of nitrogen functional groups attached to an aromatic ring is 1. The number of fused-ring (bicyclic) bond motifs is 1. The van der Waals surface area contributed by atoms with Gasteiger partial charge in [-0.1, -0.05) is 6.92 Å². The minimum absolute atomic E-state index is 0.0938. The molecule has 1 amide bonds. The number of carbonyl (C=O) groups is 1. The Morgan fingerprint density at radius 1 is 1.47 bits per heavy atom. The van der Waals surface area contributed by atoms with Crippen molar-refractivity contribution >= 4 is 22.5 Å². The van der Waals surface area contributed by atoms with Gasteiger partial charge in [0.1, 0.15) is 0 Å². The van der Waals surface area contributed by atoms with Crippen LogP contribution >= 0.6 is 0 Å². The van der Waals surface area contributed by atoms with Crippen molar-refractivity contribution in [1.29, 1.82) is 0 Å². The Bertz CT molecular complexity index is 615. The molecule has 1 aromatic heterocycles. The summed E-state index contributed by atoms with van der Waals surface area (Å²) in [4.78, 5) is 14.3. The summed E-state index contributed by atoms with van der Waals surface area (Å²) in [7, 11) is 1.80. The number of carbonyl (C=O) groups excluding carboxylic acids is 1. The lowest BCUT2D eigenvalue weighted by Crippen LogP contribution is -2.44. The van der Waals surface area contributed by atoms with Crippen LogP contribution in [-0.2, 0) is 0 Å². The first kappa shape index (κ1) is 13.4. The van der Waals surface area contributed by atoms with Crippen LogP contribution in [0.5, 0.6) is 0 Å². The molecule has 1 heterocycles. The largest absolute Gasteiger partial charge is 0.399 e. The number of H-pyrrole nitrogens is 1. The Labute approximate surface area is 112 Å². The van der Waals surface area contributed by atoms with Crippen molar-refractivity contribution in [2.24, 2.45) is 0 Å². The molecule has 19 heavy (non-hydrogen) atoms. The molecule has 0 saturated heterocycles. The molecule has 0 aliphatic heterocycles. The number of amides is 1. The predicted octanol–water partition coefficient (Wildman–Crippen LogP) is 2.41. The van der Waals surface area contributed by atoms with Gasteiger partial charge in [0.2, 0.25) is 0 Å². The first-order valence-electron chi connectivity index (χ1n) is 6.38. The number of nitrogens with two attached hydrogens (primary N) is 1. The predicted molar refractivity (Wildman–Crippen MR) is 77.0 cm³/mol. The van der Waals surface area contributed by atoms with Gasteiger partial charge in [0.05, 0.1) is 5.52 Å². The van der Waals surface area contributed by atoms with Gasteiger partial charge in [-0.3, -0.25) is 9.89 Å². The zero-order valence-electron chi connectivity index (χ0n) is 11.8. The molecular weight excluding hydrogens is 240 g/mol. The second-order valence-electron chi connectivity index (χ2n) is 5.41. The summed E-state index contributed by atoms with van der Waals surface area (Å²) in [6.45, 7) is 6.13. The van der Waals surface area contributed by atoms with Crippen molar-refractivity contribution in [3.63, 3.8) is 0 Å². The Morgan fingerprint density at radius 3 is 2.79 bits per heavy atom. The van der Waals surface area contributed by atoms with Gasteiger partial charge in [0, 0.05) is 23.7 Å². The van der Waals surface area contributed by atoms with Crippen molar-refractivity contribution in [3.8, 4) is 0 Å². The number of aromatic amines is 1. The molecule has 0 bridgehead atoms. The minimum atomic E-state index is -0.206. The van der Waals surface area contributed by atoms with Gasteiger partial charge < -0.3 is 10.6 Å². The van der Waals surface area contributed by atoms with Crippen LogP contribution in [-0.4, -0.2) is 33.6 Å². The van der Waals surface area contributed by atoms with E-state index in [1.165, 1.54) is 0 Å². The maximum Gasteiger partial charge on any atom is 0.275 e. The molecule has 0 spiro atoms. The van der Waals surface area contributed by atoms with E-state index >= 15 is 0 Å². The lowest BCUT2D eigenvalue weighted by molar-refractivity contribution is 0.0616. The number of aromatic nitrogens is 2. The minimum Gasteiger partial charge on any atom is -0.399 e. The van der Waals surface area contributed by atoms with Gasteiger partial charge >= 0.3 is 0 Å². The van der Waals surface area contributed by atoms with Gasteiger partial charge in [0.25, 0.3) is 5.91 Å². The molecule has 2 aromatic rings. The quantitative estimate of drug-likeness (QED) is 0.832. The van der Waals surface area contributed by atoms with Crippen LogP contribution in [0.3, 0.4) is 0 Å². The molecule has 0 unspecified atom stereocenters. The van der Waals surface area contributed by atoms with Crippen molar-refractivity contribution in [2.75, 3.05) is 12.8 Å². The number of rotatable bonds is 3. The molecule has 0 radical (unpaired) electrons. The summed E-state index contributed by atoms with van der Waals surface area (Å²) < 4.78 is 0. The Morgan fingerprint density at radius 2 is 2.16 bits per heavy atom. The highest BCUT2D eigenvalue weighted by atomic mass is 16.2. The lowest BCUT2D eigenvalue weighted by Gasteiger charge is -2.34. The molecule has 0 fully saturated rings. The van der Waals surface area contributed by atoms with E-state index < -0.39 is 0 Å². The number of nitrogens with one attached hydrogen (secondary N) is 1. The summed E-state index contributed by atoms with van der Waals surface area (Å²) >= 11 is 0. The maximum atomic E-state index is 12.5. The third kappa shape index (κ3) is 2.28. The molecule has 0 aliphatic rings. The number of nitrogens with zero attached hydrogens (tertiary/aromatic N) is 2. The van der Waals surface area contributed by atoms with E-state index in [9.17, 15) is 4.79 Å². The standard InChI is InChI=1S/C14H20N4O/c1-5-14(2,3)18(4)13(19)12-10-8-9(15)6-7-11(10)16-17-12/h6-8H,5,15H2,1-4H3,(H,16,17). The summed E-state index contributed by atoms with van der Waals surface area (Å²) in [5.41, 5.74) is 7.44. The van der Waals surface area contributed by atoms with E-state index in [2.05, 4.69) is 17.1 Å². The fraction of sp³-hybridized carbons (Fsp3) is 0.429. The molecule has 3 N–H and O–H groups in total. The van der Waals surface area contributed by atoms with E-state index in [1.807, 2.05) is 19.9 Å². The summed E-state index contributed by atoms with van der Waals surface area (Å²) in [6, 6.07) is 5.40. The van der Waals surface area contributed by atoms with Crippen LogP contribution in [0.1, 0.15) is 37.7 Å². The first-order valence-corrected chi connectivity index (χ1v) is 6.38. The average Bonchev–Trinajstić information content (AvgIpc) is 2.79. The van der Waals surface area contributed by atoms with Crippen molar-refractivity contribution in [2.45, 2.75) is 32.7 Å². The fourth-order valence-corrected chi connectivity index (χ4v) is 1.87. The van der Waals surface area contributed by atoms with Crippen molar-refractivity contribution in [1.82, 2.24) is 15.1 Å². The molecule has 0 saturated carbocycles. The highest BCUT2D eigenvalue weighted by molar-refractivity contribution is 6.05. The Balaban J connectivity index is 2.45. The SMILES string of the molecule is CCC(C)(C)N(C)C(=O)c1n[nH]c2ccc(N)cc12. The van der Waals surface area contributed by atoms with E-state index in [4.69, 9.17) is 5.73 Å². The van der Waals surface area contributed by atoms with E-state index in [-0.39, 0.29) is 11.4 Å². The van der Waals surface area contributed by atoms with Crippen LogP contribution in [0, 0.1) is 0 Å². The second-order valence-corrected chi connectivity index (χ2v) is 5.41. The summed E-state index contributed by atoms with van der Waals surface area (Å²) in [5, 5.41) is 7.77. The maximum absolute atomic E-state index is 12.5. The average molecular weight is 260 g/mol. The molecule has 5 heteroatoms. The van der Waals surface area contributed by atoms with E-state index in [0.29, 0.717) is 11.4 Å². The highest BCUT2D eigenvalue weighted by Crippen LogP contribution is 2.23. The third-order valence-electron chi connectivity index (χ3n) is 3.87. The van der Waals surface area contributed by atoms with Crippen LogP contribution in [0.25, 0.3) is 10.9 Å². The second kappa shape index (κ2) is 4.57. The molecule has 102 valence electrons. The summed E-state index contributed by atoms with van der Waals surface area (Å²) in [5.74, 6) is -0.0938. The van der Waals surface area contributed by atoms with Crippen LogP contribution in [0.4, 0.5) is 5.69 Å². The summed E-state index contributed by atoms with van der Waals surface area (Å²) in [6.07, 6.45) is 0.875. The smallest absolute Gasteiger partial charge is 0.275 e. The van der Waals surface area contributed by atoms with Crippen molar-refractivity contribution in [3.05, 3.63) is 23.9 Å². The normalized spacial score (nSPS) is 11.8. The Hall–Kier alpha value is -2.04. The van der Waals surface area contributed by atoms with E-state index in [1.54, 1.807) is 24.1 Å². The van der Waals surface area contributed by atoms with Crippen LogP contribution < -0.4 is 5.73 Å². The molecule has 1 aromatic carbocycles. The monoisotopic (exact) mass is 260 g/mol. The fourth-order valence-electron chi connectivity index (χ4n) is 1.87. The molecule has 2 rings (SSSR count). The van der Waals surface area contributed by atoms with Gasteiger partial charge in [-0.25, -0.2) is 0 Å². The number of hydrogen-bond acceptors (Lipinski definition) is 3. The van der Waals surface area contributed by atoms with Crippen LogP contribution in [0.2, 0.25) is 0 Å². The lowest BCUT2D eigenvalue weighted by atomic mass is 9.99. The van der Waals surface area contributed by atoms with Crippen molar-refractivity contribution < 1.29 is 4.79 Å². The number of anilines is 1. The topological polar surface area (TPSA) is 75.0 Å². The zero-order chi connectivity index (χ0) is 14.2. The molecule has 0 aliphatic carbocycles. The van der Waals surface area contributed by atoms with Crippen LogP contribution in [0.15, 0.2) is 18.2 Å². The molecule has 5 nitrogen and oxygen atoms in total. The van der Waals surface area contributed by atoms with Gasteiger partial charge in [-0.15, -0.1) is 0 Å². The van der Waals surface area contributed by atoms with Gasteiger partial charge in [-0.2, -0.15) is 5.10 Å². The molecular formula is C14H20N4O. The van der Waals surface area contributed by atoms with Gasteiger partial charge in [-0.05, 0) is 38.5 Å². The van der Waals surface area contributed by atoms with Gasteiger partial charge in [0.15, 0.2) is 5.69 Å². The van der Waals surface area contributed by atoms with E-state index in [0.717, 1.165) is 17.3 Å². The highest BCUT2D eigenvalue weighted by Gasteiger charge is 2.28. The zero-order valence-corrected chi connectivity index (χ0v) is 11.8. The molecule has 0 atom stereocenters. The number of benzene rings is 1. The first-order chi connectivity index (χ1) is 8.86. The Kier molecular flexibility index (Phi) is 3.22. The number of hydrogen-bond donors (Lipinski definition) is 2.